The normalized spacial score (nSPS) is 23.9. The van der Waals surface area contributed by atoms with Crippen LogP contribution in [0.15, 0.2) is 18.2 Å². The van der Waals surface area contributed by atoms with Crippen LogP contribution in [-0.4, -0.2) is 19.1 Å². The molecule has 1 aromatic carbocycles. The van der Waals surface area contributed by atoms with Crippen molar-refractivity contribution in [2.45, 2.75) is 64.5 Å². The number of nitrogens with zero attached hydrogens (tertiary/aromatic N) is 1. The van der Waals surface area contributed by atoms with E-state index >= 15 is 0 Å². The fourth-order valence-corrected chi connectivity index (χ4v) is 3.80. The van der Waals surface area contributed by atoms with Crippen LogP contribution in [0, 0.1) is 5.92 Å². The van der Waals surface area contributed by atoms with Gasteiger partial charge in [0.2, 0.25) is 0 Å². The van der Waals surface area contributed by atoms with E-state index in [0.29, 0.717) is 6.04 Å². The molecule has 118 valence electrons. The third kappa shape index (κ3) is 4.14. The average Bonchev–Trinajstić information content (AvgIpc) is 2.47. The maximum absolute atomic E-state index is 6.54. The molecule has 2 N–H and O–H groups in total. The van der Waals surface area contributed by atoms with Crippen LogP contribution < -0.4 is 10.6 Å². The van der Waals surface area contributed by atoms with Gasteiger partial charge in [-0.1, -0.05) is 44.4 Å². The largest absolute Gasteiger partial charge is 0.370 e. The third-order valence-corrected chi connectivity index (χ3v) is 5.28. The monoisotopic (exact) mass is 308 g/mol. The fraction of sp³-hybridized carbons (Fsp3) is 0.667. The summed E-state index contributed by atoms with van der Waals surface area (Å²) < 4.78 is 0. The molecular formula is C18H29ClN2. The van der Waals surface area contributed by atoms with E-state index in [4.69, 9.17) is 17.3 Å². The minimum atomic E-state index is 0.225. The highest BCUT2D eigenvalue weighted by atomic mass is 35.5. The van der Waals surface area contributed by atoms with Crippen molar-refractivity contribution < 1.29 is 0 Å². The highest BCUT2D eigenvalue weighted by Gasteiger charge is 2.26. The molecule has 1 aliphatic carbocycles. The molecule has 0 spiro atoms. The molecule has 3 atom stereocenters. The fourth-order valence-electron chi connectivity index (χ4n) is 3.46. The Hall–Kier alpha value is -0.730. The number of hydrogen-bond acceptors (Lipinski definition) is 2. The molecule has 3 heteroatoms. The Kier molecular flexibility index (Phi) is 5.95. The van der Waals surface area contributed by atoms with Crippen molar-refractivity contribution in [1.29, 1.82) is 0 Å². The van der Waals surface area contributed by atoms with Crippen LogP contribution in [0.3, 0.4) is 0 Å². The quantitative estimate of drug-likeness (QED) is 0.859. The van der Waals surface area contributed by atoms with Gasteiger partial charge < -0.3 is 10.6 Å². The maximum atomic E-state index is 6.54. The van der Waals surface area contributed by atoms with E-state index < -0.39 is 0 Å². The SMILES string of the molecule is CCC(N)Cc1ccc(N(C)C2CCCCC2C)c(Cl)c1. The minimum Gasteiger partial charge on any atom is -0.370 e. The molecule has 1 aliphatic rings. The first kappa shape index (κ1) is 16.6. The molecule has 2 nitrogen and oxygen atoms in total. The van der Waals surface area contributed by atoms with Gasteiger partial charge in [0.05, 0.1) is 10.7 Å². The third-order valence-electron chi connectivity index (χ3n) is 4.98. The Labute approximate surface area is 134 Å². The van der Waals surface area contributed by atoms with Gasteiger partial charge >= 0.3 is 0 Å². The standard InChI is InChI=1S/C18H29ClN2/c1-4-15(20)11-14-9-10-18(16(19)12-14)21(3)17-8-6-5-7-13(17)2/h9-10,12-13,15,17H,4-8,11,20H2,1-3H3. The van der Waals surface area contributed by atoms with Crippen molar-refractivity contribution in [3.05, 3.63) is 28.8 Å². The summed E-state index contributed by atoms with van der Waals surface area (Å²) in [6.45, 7) is 4.49. The zero-order valence-electron chi connectivity index (χ0n) is 13.6. The van der Waals surface area contributed by atoms with E-state index in [2.05, 4.69) is 44.0 Å². The van der Waals surface area contributed by atoms with Crippen LogP contribution in [0.4, 0.5) is 5.69 Å². The van der Waals surface area contributed by atoms with Crippen molar-refractivity contribution in [2.24, 2.45) is 11.7 Å². The van der Waals surface area contributed by atoms with Crippen LogP contribution in [-0.2, 0) is 6.42 Å². The Morgan fingerprint density at radius 2 is 2.05 bits per heavy atom. The number of halogens is 1. The molecule has 21 heavy (non-hydrogen) atoms. The van der Waals surface area contributed by atoms with Gasteiger partial charge in [-0.05, 0) is 49.3 Å². The van der Waals surface area contributed by atoms with E-state index in [1.165, 1.54) is 31.2 Å². The summed E-state index contributed by atoms with van der Waals surface area (Å²) in [7, 11) is 2.19. The van der Waals surface area contributed by atoms with E-state index in [1.807, 2.05) is 0 Å². The summed E-state index contributed by atoms with van der Waals surface area (Å²) in [5.41, 5.74) is 8.43. The Morgan fingerprint density at radius 3 is 2.67 bits per heavy atom. The predicted octanol–water partition coefficient (Wildman–Crippen LogP) is 4.63. The number of hydrogen-bond donors (Lipinski definition) is 1. The second-order valence-corrected chi connectivity index (χ2v) is 7.01. The summed E-state index contributed by atoms with van der Waals surface area (Å²) in [5.74, 6) is 0.744. The van der Waals surface area contributed by atoms with Gasteiger partial charge in [-0.15, -0.1) is 0 Å². The predicted molar refractivity (Wildman–Crippen MR) is 93.2 cm³/mol. The van der Waals surface area contributed by atoms with Crippen LogP contribution in [0.2, 0.25) is 5.02 Å². The van der Waals surface area contributed by atoms with Gasteiger partial charge in [-0.25, -0.2) is 0 Å². The van der Waals surface area contributed by atoms with Gasteiger partial charge in [0, 0.05) is 19.1 Å². The summed E-state index contributed by atoms with van der Waals surface area (Å²) in [4.78, 5) is 2.38. The second kappa shape index (κ2) is 7.51. The first-order chi connectivity index (χ1) is 10.0. The lowest BCUT2D eigenvalue weighted by molar-refractivity contribution is 0.321. The van der Waals surface area contributed by atoms with Crippen LogP contribution >= 0.6 is 11.6 Å². The smallest absolute Gasteiger partial charge is 0.0642 e. The van der Waals surface area contributed by atoms with Crippen LogP contribution in [0.25, 0.3) is 0 Å². The van der Waals surface area contributed by atoms with E-state index in [0.717, 1.165) is 29.5 Å². The lowest BCUT2D eigenvalue weighted by Crippen LogP contribution is -2.39. The minimum absolute atomic E-state index is 0.225. The number of benzene rings is 1. The summed E-state index contributed by atoms with van der Waals surface area (Å²) in [6, 6.07) is 7.28. The molecule has 0 aliphatic heterocycles. The van der Waals surface area contributed by atoms with Gasteiger partial charge in [0.25, 0.3) is 0 Å². The highest BCUT2D eigenvalue weighted by molar-refractivity contribution is 6.33. The maximum Gasteiger partial charge on any atom is 0.0642 e. The number of rotatable bonds is 5. The van der Waals surface area contributed by atoms with Crippen LogP contribution in [0.5, 0.6) is 0 Å². The van der Waals surface area contributed by atoms with E-state index in [-0.39, 0.29) is 6.04 Å². The molecule has 1 fully saturated rings. The first-order valence-electron chi connectivity index (χ1n) is 8.29. The van der Waals surface area contributed by atoms with Crippen LogP contribution in [0.1, 0.15) is 51.5 Å². The molecule has 0 radical (unpaired) electrons. The summed E-state index contributed by atoms with van der Waals surface area (Å²) >= 11 is 6.54. The molecular weight excluding hydrogens is 280 g/mol. The van der Waals surface area contributed by atoms with Gasteiger partial charge in [-0.2, -0.15) is 0 Å². The molecule has 0 saturated heterocycles. The lowest BCUT2D eigenvalue weighted by Gasteiger charge is -2.38. The zero-order chi connectivity index (χ0) is 15.4. The van der Waals surface area contributed by atoms with Crippen molar-refractivity contribution in [1.82, 2.24) is 0 Å². The molecule has 2 rings (SSSR count). The molecule has 1 saturated carbocycles. The zero-order valence-corrected chi connectivity index (χ0v) is 14.4. The highest BCUT2D eigenvalue weighted by Crippen LogP contribution is 2.34. The lowest BCUT2D eigenvalue weighted by atomic mass is 9.85. The van der Waals surface area contributed by atoms with Gasteiger partial charge in [-0.3, -0.25) is 0 Å². The topological polar surface area (TPSA) is 29.3 Å². The number of nitrogens with two attached hydrogens (primary N) is 1. The van der Waals surface area contributed by atoms with Crippen molar-refractivity contribution in [3.63, 3.8) is 0 Å². The number of anilines is 1. The molecule has 0 amide bonds. The molecule has 0 heterocycles. The average molecular weight is 309 g/mol. The second-order valence-electron chi connectivity index (χ2n) is 6.60. The van der Waals surface area contributed by atoms with Crippen molar-refractivity contribution >= 4 is 17.3 Å². The van der Waals surface area contributed by atoms with Gasteiger partial charge in [0.1, 0.15) is 0 Å². The van der Waals surface area contributed by atoms with E-state index in [9.17, 15) is 0 Å². The molecule has 0 aromatic heterocycles. The Morgan fingerprint density at radius 1 is 1.33 bits per heavy atom. The van der Waals surface area contributed by atoms with Crippen molar-refractivity contribution in [3.8, 4) is 0 Å². The summed E-state index contributed by atoms with van der Waals surface area (Å²) in [6.07, 6.45) is 7.21. The molecule has 1 aromatic rings. The Bertz CT molecular complexity index is 461. The molecule has 0 bridgehead atoms. The first-order valence-corrected chi connectivity index (χ1v) is 8.67. The van der Waals surface area contributed by atoms with E-state index in [1.54, 1.807) is 0 Å². The van der Waals surface area contributed by atoms with Gasteiger partial charge in [0.15, 0.2) is 0 Å². The summed E-state index contributed by atoms with van der Waals surface area (Å²) in [5, 5.41) is 0.857. The van der Waals surface area contributed by atoms with Crippen molar-refractivity contribution in [2.75, 3.05) is 11.9 Å². The Balaban J connectivity index is 2.12. The molecule has 3 unspecified atom stereocenters.